The quantitative estimate of drug-likeness (QED) is 0.452. The summed E-state index contributed by atoms with van der Waals surface area (Å²) in [4.78, 5) is -2.42. The Kier molecular flexibility index (Phi) is 4.08. The van der Waals surface area contributed by atoms with E-state index in [1.54, 1.807) is 0 Å². The smallest absolute Gasteiger partial charge is 0.429 e. The van der Waals surface area contributed by atoms with Crippen LogP contribution in [0.3, 0.4) is 0 Å². The van der Waals surface area contributed by atoms with Crippen molar-refractivity contribution in [1.29, 1.82) is 0 Å². The van der Waals surface area contributed by atoms with Gasteiger partial charge in [0.2, 0.25) is 11.1 Å². The predicted molar refractivity (Wildman–Crippen MR) is 37.6 cm³/mol. The largest absolute Gasteiger partial charge is 1.00 e. The molecule has 0 saturated heterocycles. The van der Waals surface area contributed by atoms with E-state index in [2.05, 4.69) is 0 Å². The van der Waals surface area contributed by atoms with Gasteiger partial charge in [-0.3, -0.25) is 4.55 Å². The number of halogens is 4. The van der Waals surface area contributed by atoms with Crippen molar-refractivity contribution >= 4 is 10.1 Å². The summed E-state index contributed by atoms with van der Waals surface area (Å²) in [5.41, 5.74) is -0.443. The average Bonchev–Trinajstić information content (AvgIpc) is 1.98. The second kappa shape index (κ2) is 4.33. The normalized spacial score (nSPS) is 11.0. The first-order valence-electron chi connectivity index (χ1n) is 3.29. The minimum absolute atomic E-state index is 0. The van der Waals surface area contributed by atoms with E-state index in [-0.39, 0.29) is 12.4 Å². The topological polar surface area (TPSA) is 58.2 Å². The third-order valence-electron chi connectivity index (χ3n) is 1.49. The molecule has 9 heteroatoms. The molecule has 1 rings (SSSR count). The monoisotopic (exact) mass is 263 g/mol. The van der Waals surface area contributed by atoms with E-state index in [9.17, 15) is 21.7 Å². The SMILES string of the molecule is Cc1c[n+](F)c(F)c(S(=O)(=O)O)c1F.[Cl-]. The Labute approximate surface area is 89.4 Å². The standard InChI is InChI=1S/C6H4F3NO3S.ClH/c1-3-2-10(9)6(8)5(4(3)7)14(11,12)13;/h2H,1H3;1H. The zero-order chi connectivity index (χ0) is 11.1. The highest BCUT2D eigenvalue weighted by molar-refractivity contribution is 7.85. The second-order valence-electron chi connectivity index (χ2n) is 2.53. The first kappa shape index (κ1) is 14.1. The van der Waals surface area contributed by atoms with E-state index in [0.717, 1.165) is 6.92 Å². The summed E-state index contributed by atoms with van der Waals surface area (Å²) < 4.78 is 67.6. The zero-order valence-corrected chi connectivity index (χ0v) is 8.78. The van der Waals surface area contributed by atoms with Gasteiger partial charge in [-0.05, 0) is 6.92 Å². The van der Waals surface area contributed by atoms with Crippen LogP contribution in [0.2, 0.25) is 0 Å². The second-order valence-corrected chi connectivity index (χ2v) is 3.89. The van der Waals surface area contributed by atoms with Crippen LogP contribution in [0.1, 0.15) is 5.56 Å². The summed E-state index contributed by atoms with van der Waals surface area (Å²) in [5.74, 6) is -3.52. The maximum atomic E-state index is 13.0. The van der Waals surface area contributed by atoms with Crippen molar-refractivity contribution in [3.05, 3.63) is 23.5 Å². The van der Waals surface area contributed by atoms with Gasteiger partial charge in [-0.25, -0.2) is 4.39 Å². The fraction of sp³-hybridized carbons (Fsp3) is 0.167. The van der Waals surface area contributed by atoms with Crippen LogP contribution >= 0.6 is 0 Å². The van der Waals surface area contributed by atoms with Gasteiger partial charge in [-0.2, -0.15) is 8.42 Å². The summed E-state index contributed by atoms with van der Waals surface area (Å²) in [6.45, 7) is 1.03. The van der Waals surface area contributed by atoms with Gasteiger partial charge in [0.05, 0.1) is 14.8 Å². The molecular formula is C6H5ClF3NO3S. The van der Waals surface area contributed by atoms with Gasteiger partial charge in [0.15, 0.2) is 5.82 Å². The van der Waals surface area contributed by atoms with Crippen LogP contribution < -0.4 is 17.2 Å². The third-order valence-corrected chi connectivity index (χ3v) is 2.35. The van der Waals surface area contributed by atoms with Crippen molar-refractivity contribution < 1.29 is 43.4 Å². The fourth-order valence-corrected chi connectivity index (χ4v) is 1.56. The summed E-state index contributed by atoms with van der Waals surface area (Å²) in [5, 5.41) is 0. The average molecular weight is 264 g/mol. The summed E-state index contributed by atoms with van der Waals surface area (Å²) in [6.07, 6.45) is 0.416. The van der Waals surface area contributed by atoms with E-state index in [0.29, 0.717) is 6.20 Å². The highest BCUT2D eigenvalue weighted by atomic mass is 35.5. The molecule has 0 aromatic carbocycles. The molecule has 0 aliphatic rings. The molecule has 1 aromatic heterocycles. The van der Waals surface area contributed by atoms with Crippen molar-refractivity contribution in [3.8, 4) is 0 Å². The number of nitrogens with zero attached hydrogens (tertiary/aromatic N) is 1. The van der Waals surface area contributed by atoms with E-state index in [1.165, 1.54) is 0 Å². The molecule has 86 valence electrons. The first-order valence-corrected chi connectivity index (χ1v) is 4.73. The van der Waals surface area contributed by atoms with Crippen LogP contribution in [0.25, 0.3) is 0 Å². The van der Waals surface area contributed by atoms with Gasteiger partial charge in [-0.1, -0.05) is 0 Å². The van der Waals surface area contributed by atoms with Crippen LogP contribution in [-0.2, 0) is 10.1 Å². The van der Waals surface area contributed by atoms with Crippen LogP contribution in [0.5, 0.6) is 0 Å². The highest BCUT2D eigenvalue weighted by Gasteiger charge is 2.33. The van der Waals surface area contributed by atoms with Crippen molar-refractivity contribution in [1.82, 2.24) is 0 Å². The molecule has 0 unspecified atom stereocenters. The Morgan fingerprint density at radius 1 is 1.40 bits per heavy atom. The lowest BCUT2D eigenvalue weighted by Gasteiger charge is -1.98. The van der Waals surface area contributed by atoms with E-state index >= 15 is 0 Å². The molecule has 1 heterocycles. The van der Waals surface area contributed by atoms with Crippen molar-refractivity contribution in [2.45, 2.75) is 11.8 Å². The van der Waals surface area contributed by atoms with Gasteiger partial charge >= 0.3 is 16.1 Å². The van der Waals surface area contributed by atoms with Crippen LogP contribution in [-0.4, -0.2) is 13.0 Å². The summed E-state index contributed by atoms with van der Waals surface area (Å²) in [6, 6.07) is 0. The number of aromatic nitrogens is 1. The molecule has 0 radical (unpaired) electrons. The lowest BCUT2D eigenvalue weighted by Crippen LogP contribution is -3.00. The Balaban J connectivity index is 0.00000196. The lowest BCUT2D eigenvalue weighted by atomic mass is 10.3. The maximum absolute atomic E-state index is 13.0. The van der Waals surface area contributed by atoms with Crippen molar-refractivity contribution in [2.75, 3.05) is 0 Å². The molecule has 0 fully saturated rings. The van der Waals surface area contributed by atoms with E-state index < -0.39 is 37.1 Å². The first-order chi connectivity index (χ1) is 6.25. The molecule has 0 saturated carbocycles. The Morgan fingerprint density at radius 2 is 1.87 bits per heavy atom. The lowest BCUT2D eigenvalue weighted by molar-refractivity contribution is -0.867. The molecular weight excluding hydrogens is 259 g/mol. The van der Waals surface area contributed by atoms with E-state index in [1.807, 2.05) is 0 Å². The van der Waals surface area contributed by atoms with Gasteiger partial charge < -0.3 is 12.4 Å². The number of hydrogen-bond donors (Lipinski definition) is 1. The number of pyridine rings is 1. The van der Waals surface area contributed by atoms with Gasteiger partial charge in [0.25, 0.3) is 0 Å². The molecule has 0 aliphatic heterocycles. The minimum Gasteiger partial charge on any atom is -1.00 e. The molecule has 4 nitrogen and oxygen atoms in total. The molecule has 0 atom stereocenters. The zero-order valence-electron chi connectivity index (χ0n) is 7.21. The summed E-state index contributed by atoms with van der Waals surface area (Å²) >= 11 is 0. The molecule has 0 bridgehead atoms. The Hall–Kier alpha value is -0.860. The molecule has 1 N–H and O–H groups in total. The molecule has 0 amide bonds. The van der Waals surface area contributed by atoms with Crippen LogP contribution in [0.15, 0.2) is 11.1 Å². The number of hydrogen-bond acceptors (Lipinski definition) is 2. The Bertz CT molecular complexity index is 465. The maximum Gasteiger partial charge on any atom is 0.429 e. The highest BCUT2D eigenvalue weighted by Crippen LogP contribution is 2.18. The molecule has 1 aromatic rings. The third kappa shape index (κ3) is 2.58. The van der Waals surface area contributed by atoms with Crippen LogP contribution in [0, 0.1) is 18.7 Å². The molecule has 0 aliphatic carbocycles. The van der Waals surface area contributed by atoms with Gasteiger partial charge in [0, 0.05) is 0 Å². The van der Waals surface area contributed by atoms with Gasteiger partial charge in [0.1, 0.15) is 0 Å². The van der Waals surface area contributed by atoms with Crippen LogP contribution in [0.4, 0.5) is 13.3 Å². The minimum atomic E-state index is -5.12. The van der Waals surface area contributed by atoms with Crippen molar-refractivity contribution in [3.63, 3.8) is 0 Å². The van der Waals surface area contributed by atoms with E-state index in [4.69, 9.17) is 4.55 Å². The molecule has 15 heavy (non-hydrogen) atoms. The predicted octanol–water partition coefficient (Wildman–Crippen LogP) is -2.46. The number of aryl methyl sites for hydroxylation is 1. The number of rotatable bonds is 1. The Morgan fingerprint density at radius 3 is 2.27 bits per heavy atom. The van der Waals surface area contributed by atoms with Crippen molar-refractivity contribution in [2.24, 2.45) is 0 Å². The van der Waals surface area contributed by atoms with Gasteiger partial charge in [-0.15, -0.1) is 4.39 Å². The summed E-state index contributed by atoms with van der Waals surface area (Å²) in [7, 11) is -5.12. The molecule has 0 spiro atoms. The fourth-order valence-electron chi connectivity index (χ4n) is 0.870.